The van der Waals surface area contributed by atoms with Crippen molar-refractivity contribution in [2.24, 2.45) is 0 Å². The summed E-state index contributed by atoms with van der Waals surface area (Å²) in [6.45, 7) is 0.196. The van der Waals surface area contributed by atoms with E-state index >= 15 is 0 Å². The van der Waals surface area contributed by atoms with Gasteiger partial charge in [-0.2, -0.15) is 0 Å². The molecule has 2 rings (SSSR count). The van der Waals surface area contributed by atoms with Crippen LogP contribution in [0.1, 0.15) is 5.69 Å². The van der Waals surface area contributed by atoms with Crippen LogP contribution < -0.4 is 4.72 Å². The monoisotopic (exact) mass is 318 g/mol. The van der Waals surface area contributed by atoms with Crippen molar-refractivity contribution in [2.75, 3.05) is 12.8 Å². The molecule has 0 unspecified atom stereocenters. The third kappa shape index (κ3) is 3.81. The highest BCUT2D eigenvalue weighted by Crippen LogP contribution is 2.28. The van der Waals surface area contributed by atoms with Crippen molar-refractivity contribution in [3.05, 3.63) is 40.9 Å². The van der Waals surface area contributed by atoms with E-state index in [4.69, 9.17) is 0 Å². The van der Waals surface area contributed by atoms with Crippen LogP contribution in [0.4, 0.5) is 8.78 Å². The molecule has 20 heavy (non-hydrogen) atoms. The molecule has 0 aliphatic rings. The highest BCUT2D eigenvalue weighted by molar-refractivity contribution is 7.88. The van der Waals surface area contributed by atoms with Crippen LogP contribution in [-0.4, -0.2) is 26.2 Å². The first-order chi connectivity index (χ1) is 9.37. The van der Waals surface area contributed by atoms with Crippen LogP contribution in [0.25, 0.3) is 10.6 Å². The van der Waals surface area contributed by atoms with Gasteiger partial charge in [0, 0.05) is 18.3 Å². The molecule has 0 bridgehead atoms. The van der Waals surface area contributed by atoms with E-state index in [9.17, 15) is 17.2 Å². The first-order valence-corrected chi connectivity index (χ1v) is 8.47. The molecule has 0 amide bonds. The molecule has 1 aromatic heterocycles. The zero-order chi connectivity index (χ0) is 14.8. The lowest BCUT2D eigenvalue weighted by Gasteiger charge is -2.01. The van der Waals surface area contributed by atoms with Crippen molar-refractivity contribution in [3.8, 4) is 10.6 Å². The second kappa shape index (κ2) is 5.94. The van der Waals surface area contributed by atoms with E-state index in [-0.39, 0.29) is 17.1 Å². The molecule has 0 saturated heterocycles. The topological polar surface area (TPSA) is 59.1 Å². The summed E-state index contributed by atoms with van der Waals surface area (Å²) >= 11 is 1.12. The van der Waals surface area contributed by atoms with E-state index in [1.165, 1.54) is 18.2 Å². The molecule has 0 spiro atoms. The Morgan fingerprint density at radius 2 is 1.95 bits per heavy atom. The molecule has 1 heterocycles. The second-order valence-electron chi connectivity index (χ2n) is 4.16. The first kappa shape index (κ1) is 15.0. The lowest BCUT2D eigenvalue weighted by atomic mass is 10.2. The highest BCUT2D eigenvalue weighted by atomic mass is 32.2. The van der Waals surface area contributed by atoms with Crippen LogP contribution in [-0.2, 0) is 16.4 Å². The van der Waals surface area contributed by atoms with Crippen molar-refractivity contribution in [2.45, 2.75) is 6.42 Å². The standard InChI is InChI=1S/C12H12F2N2O2S2/c1-20(17,18)15-6-5-8-7-19-12(16-8)11-9(13)3-2-4-10(11)14/h2-4,7,15H,5-6H2,1H3. The molecule has 108 valence electrons. The number of nitrogens with zero attached hydrogens (tertiary/aromatic N) is 1. The van der Waals surface area contributed by atoms with Gasteiger partial charge in [0.25, 0.3) is 0 Å². The molecular weight excluding hydrogens is 306 g/mol. The number of aromatic nitrogens is 1. The molecule has 4 nitrogen and oxygen atoms in total. The fourth-order valence-electron chi connectivity index (χ4n) is 1.60. The normalized spacial score (nSPS) is 11.8. The molecular formula is C12H12F2N2O2S2. The molecule has 0 aliphatic carbocycles. The number of thiazole rings is 1. The Morgan fingerprint density at radius 1 is 1.30 bits per heavy atom. The molecule has 0 fully saturated rings. The quantitative estimate of drug-likeness (QED) is 0.919. The molecule has 0 saturated carbocycles. The van der Waals surface area contributed by atoms with Crippen LogP contribution in [0.2, 0.25) is 0 Å². The Balaban J connectivity index is 2.13. The van der Waals surface area contributed by atoms with Crippen molar-refractivity contribution < 1.29 is 17.2 Å². The number of halogens is 2. The Labute approximate surface area is 119 Å². The predicted octanol–water partition coefficient (Wildman–Crippen LogP) is 2.18. The van der Waals surface area contributed by atoms with Gasteiger partial charge in [0.15, 0.2) is 0 Å². The van der Waals surface area contributed by atoms with E-state index in [1.54, 1.807) is 5.38 Å². The summed E-state index contributed by atoms with van der Waals surface area (Å²) in [5, 5.41) is 1.90. The van der Waals surface area contributed by atoms with Crippen molar-refractivity contribution >= 4 is 21.4 Å². The Hall–Kier alpha value is -1.38. The highest BCUT2D eigenvalue weighted by Gasteiger charge is 2.14. The van der Waals surface area contributed by atoms with Gasteiger partial charge < -0.3 is 0 Å². The maximum atomic E-state index is 13.6. The van der Waals surface area contributed by atoms with Gasteiger partial charge in [-0.15, -0.1) is 11.3 Å². The van der Waals surface area contributed by atoms with Gasteiger partial charge in [0.05, 0.1) is 17.5 Å². The smallest absolute Gasteiger partial charge is 0.208 e. The van der Waals surface area contributed by atoms with Crippen LogP contribution >= 0.6 is 11.3 Å². The summed E-state index contributed by atoms with van der Waals surface area (Å²) in [6.07, 6.45) is 1.42. The van der Waals surface area contributed by atoms with E-state index < -0.39 is 21.7 Å². The molecule has 2 aromatic rings. The SMILES string of the molecule is CS(=O)(=O)NCCc1csc(-c2c(F)cccc2F)n1. The van der Waals surface area contributed by atoms with Crippen LogP contribution in [0.5, 0.6) is 0 Å². The van der Waals surface area contributed by atoms with Gasteiger partial charge in [-0.1, -0.05) is 6.07 Å². The average molecular weight is 318 g/mol. The maximum Gasteiger partial charge on any atom is 0.208 e. The maximum absolute atomic E-state index is 13.6. The third-order valence-electron chi connectivity index (χ3n) is 2.47. The molecule has 0 atom stereocenters. The number of sulfonamides is 1. The number of rotatable bonds is 5. The Bertz CT molecular complexity index is 694. The van der Waals surface area contributed by atoms with Crippen molar-refractivity contribution in [1.82, 2.24) is 9.71 Å². The summed E-state index contributed by atoms with van der Waals surface area (Å²) in [4.78, 5) is 4.13. The fourth-order valence-corrected chi connectivity index (χ4v) is 2.98. The molecule has 0 aliphatic heterocycles. The largest absolute Gasteiger partial charge is 0.241 e. The van der Waals surface area contributed by atoms with E-state index in [0.717, 1.165) is 17.6 Å². The Kier molecular flexibility index (Phi) is 4.46. The predicted molar refractivity (Wildman–Crippen MR) is 74.0 cm³/mol. The van der Waals surface area contributed by atoms with E-state index in [1.807, 2.05) is 0 Å². The molecule has 1 N–H and O–H groups in total. The fraction of sp³-hybridized carbons (Fsp3) is 0.250. The molecule has 8 heteroatoms. The third-order valence-corrected chi connectivity index (χ3v) is 4.11. The Morgan fingerprint density at radius 3 is 2.55 bits per heavy atom. The van der Waals surface area contributed by atoms with Crippen molar-refractivity contribution in [1.29, 1.82) is 0 Å². The second-order valence-corrected chi connectivity index (χ2v) is 6.85. The summed E-state index contributed by atoms with van der Waals surface area (Å²) in [5.41, 5.74) is 0.434. The van der Waals surface area contributed by atoms with E-state index in [0.29, 0.717) is 12.1 Å². The van der Waals surface area contributed by atoms with Crippen molar-refractivity contribution in [3.63, 3.8) is 0 Å². The lowest BCUT2D eigenvalue weighted by molar-refractivity contribution is 0.587. The summed E-state index contributed by atoms with van der Waals surface area (Å²) in [6, 6.07) is 3.63. The van der Waals surface area contributed by atoms with Crippen LogP contribution in [0.15, 0.2) is 23.6 Å². The first-order valence-electron chi connectivity index (χ1n) is 5.70. The minimum atomic E-state index is -3.25. The van der Waals surface area contributed by atoms with Gasteiger partial charge >= 0.3 is 0 Å². The summed E-state index contributed by atoms with van der Waals surface area (Å²) in [5.74, 6) is -1.33. The zero-order valence-corrected chi connectivity index (χ0v) is 12.2. The summed E-state index contributed by atoms with van der Waals surface area (Å²) in [7, 11) is -3.25. The van der Waals surface area contributed by atoms with Gasteiger partial charge in [0.1, 0.15) is 16.6 Å². The number of nitrogens with one attached hydrogen (secondary N) is 1. The number of hydrogen-bond donors (Lipinski definition) is 1. The molecule has 1 aromatic carbocycles. The minimum Gasteiger partial charge on any atom is -0.241 e. The number of hydrogen-bond acceptors (Lipinski definition) is 4. The summed E-state index contributed by atoms with van der Waals surface area (Å²) < 4.78 is 51.3. The zero-order valence-electron chi connectivity index (χ0n) is 10.6. The molecule has 0 radical (unpaired) electrons. The van der Waals surface area contributed by atoms with Gasteiger partial charge in [0.2, 0.25) is 10.0 Å². The average Bonchev–Trinajstić information content (AvgIpc) is 2.75. The lowest BCUT2D eigenvalue weighted by Crippen LogP contribution is -2.24. The van der Waals surface area contributed by atoms with Crippen LogP contribution in [0, 0.1) is 11.6 Å². The van der Waals surface area contributed by atoms with E-state index in [2.05, 4.69) is 9.71 Å². The van der Waals surface area contributed by atoms with Crippen LogP contribution in [0.3, 0.4) is 0 Å². The van der Waals surface area contributed by atoms with Gasteiger partial charge in [-0.3, -0.25) is 0 Å². The van der Waals surface area contributed by atoms with Gasteiger partial charge in [-0.05, 0) is 12.1 Å². The van der Waals surface area contributed by atoms with Gasteiger partial charge in [-0.25, -0.2) is 26.9 Å². The minimum absolute atomic E-state index is 0.153. The number of benzene rings is 1.